The van der Waals surface area contributed by atoms with E-state index in [1.165, 1.54) is 28.9 Å². The van der Waals surface area contributed by atoms with Crippen molar-refractivity contribution in [2.24, 2.45) is 0 Å². The van der Waals surface area contributed by atoms with E-state index in [0.717, 1.165) is 13.1 Å². The molecular weight excluding hydrogens is 244 g/mol. The summed E-state index contributed by atoms with van der Waals surface area (Å²) in [5.74, 6) is 0.714. The van der Waals surface area contributed by atoms with E-state index < -0.39 is 0 Å². The molecule has 0 aliphatic heterocycles. The first-order valence-corrected chi connectivity index (χ1v) is 7.64. The molecule has 0 saturated heterocycles. The Morgan fingerprint density at radius 1 is 1.20 bits per heavy atom. The van der Waals surface area contributed by atoms with E-state index in [1.807, 2.05) is 0 Å². The Morgan fingerprint density at radius 3 is 2.60 bits per heavy atom. The topological polar surface area (TPSA) is 17.0 Å². The van der Waals surface area contributed by atoms with Crippen molar-refractivity contribution in [3.8, 4) is 0 Å². The van der Waals surface area contributed by atoms with Gasteiger partial charge in [-0.2, -0.15) is 0 Å². The zero-order chi connectivity index (χ0) is 14.1. The van der Waals surface area contributed by atoms with Crippen LogP contribution in [0.1, 0.15) is 41.8 Å². The Balaban J connectivity index is 1.59. The van der Waals surface area contributed by atoms with E-state index in [0.29, 0.717) is 12.0 Å². The van der Waals surface area contributed by atoms with Gasteiger partial charge < -0.3 is 9.88 Å². The second kappa shape index (κ2) is 5.45. The van der Waals surface area contributed by atoms with E-state index in [1.54, 1.807) is 0 Å². The normalized spacial score (nSPS) is 21.1. The van der Waals surface area contributed by atoms with Crippen molar-refractivity contribution in [3.05, 3.63) is 58.9 Å². The molecule has 2 nitrogen and oxygen atoms in total. The Labute approximate surface area is 121 Å². The second-order valence-electron chi connectivity index (χ2n) is 5.88. The third-order valence-corrected chi connectivity index (χ3v) is 4.57. The number of rotatable bonds is 5. The molecule has 106 valence electrons. The first-order valence-electron chi connectivity index (χ1n) is 7.64. The maximum Gasteiger partial charge on any atom is 0.0226 e. The summed E-state index contributed by atoms with van der Waals surface area (Å²) in [7, 11) is 0. The van der Waals surface area contributed by atoms with Gasteiger partial charge in [0.2, 0.25) is 0 Å². The predicted octanol–water partition coefficient (Wildman–Crippen LogP) is 3.77. The zero-order valence-corrected chi connectivity index (χ0v) is 12.7. The summed E-state index contributed by atoms with van der Waals surface area (Å²) < 4.78 is 2.39. The van der Waals surface area contributed by atoms with Gasteiger partial charge in [-0.25, -0.2) is 0 Å². The molecule has 0 bridgehead atoms. The molecule has 0 amide bonds. The summed E-state index contributed by atoms with van der Waals surface area (Å²) in [6.07, 6.45) is 1.27. The molecule has 1 heterocycles. The van der Waals surface area contributed by atoms with Crippen LogP contribution in [0.3, 0.4) is 0 Å². The SMILES string of the molecule is CCn1c(C)cc(CNC2CC2c2ccccc2)c1C. The monoisotopic (exact) mass is 268 g/mol. The molecule has 0 spiro atoms. The Bertz CT molecular complexity index is 583. The summed E-state index contributed by atoms with van der Waals surface area (Å²) in [5.41, 5.74) is 5.71. The van der Waals surface area contributed by atoms with Crippen molar-refractivity contribution in [2.75, 3.05) is 0 Å². The van der Waals surface area contributed by atoms with Gasteiger partial charge in [0.25, 0.3) is 0 Å². The second-order valence-corrected chi connectivity index (χ2v) is 5.88. The van der Waals surface area contributed by atoms with Crippen molar-refractivity contribution < 1.29 is 0 Å². The van der Waals surface area contributed by atoms with Gasteiger partial charge in [-0.3, -0.25) is 0 Å². The third-order valence-electron chi connectivity index (χ3n) is 4.57. The predicted molar refractivity (Wildman–Crippen MR) is 84.0 cm³/mol. The summed E-state index contributed by atoms with van der Waals surface area (Å²) in [6.45, 7) is 8.70. The van der Waals surface area contributed by atoms with Gasteiger partial charge in [-0.15, -0.1) is 0 Å². The fourth-order valence-electron chi connectivity index (χ4n) is 3.27. The molecule has 2 heteroatoms. The lowest BCUT2D eigenvalue weighted by Crippen LogP contribution is -2.17. The van der Waals surface area contributed by atoms with Crippen LogP contribution >= 0.6 is 0 Å². The minimum atomic E-state index is 0.655. The van der Waals surface area contributed by atoms with Gasteiger partial charge in [0.15, 0.2) is 0 Å². The molecule has 3 rings (SSSR count). The lowest BCUT2D eigenvalue weighted by atomic mass is 10.1. The van der Waals surface area contributed by atoms with Crippen LogP contribution in [0.25, 0.3) is 0 Å². The largest absolute Gasteiger partial charge is 0.349 e. The minimum Gasteiger partial charge on any atom is -0.349 e. The smallest absolute Gasteiger partial charge is 0.0226 e. The van der Waals surface area contributed by atoms with Gasteiger partial charge in [0, 0.05) is 36.4 Å². The van der Waals surface area contributed by atoms with Crippen LogP contribution in [0, 0.1) is 13.8 Å². The van der Waals surface area contributed by atoms with E-state index in [4.69, 9.17) is 0 Å². The average Bonchev–Trinajstić information content (AvgIpc) is 3.19. The number of hydrogen-bond donors (Lipinski definition) is 1. The standard InChI is InChI=1S/C18H24N2/c1-4-20-13(2)10-16(14(20)3)12-19-18-11-17(18)15-8-6-5-7-9-15/h5-10,17-19H,4,11-12H2,1-3H3. The van der Waals surface area contributed by atoms with Crippen molar-refractivity contribution in [1.29, 1.82) is 0 Å². The van der Waals surface area contributed by atoms with Crippen LogP contribution in [-0.2, 0) is 13.1 Å². The number of benzene rings is 1. The first kappa shape index (κ1) is 13.4. The zero-order valence-electron chi connectivity index (χ0n) is 12.7. The summed E-state index contributed by atoms with van der Waals surface area (Å²) in [6, 6.07) is 13.8. The Hall–Kier alpha value is -1.54. The van der Waals surface area contributed by atoms with Gasteiger partial charge in [-0.05, 0) is 44.4 Å². The quantitative estimate of drug-likeness (QED) is 0.873. The van der Waals surface area contributed by atoms with Crippen LogP contribution in [0.15, 0.2) is 36.4 Å². The molecule has 1 aliphatic carbocycles. The number of nitrogens with one attached hydrogen (secondary N) is 1. The fraction of sp³-hybridized carbons (Fsp3) is 0.444. The number of aryl methyl sites for hydroxylation is 1. The highest BCUT2D eigenvalue weighted by Crippen LogP contribution is 2.40. The molecule has 1 saturated carbocycles. The Morgan fingerprint density at radius 2 is 1.95 bits per heavy atom. The molecule has 1 N–H and O–H groups in total. The van der Waals surface area contributed by atoms with Crippen molar-refractivity contribution in [2.45, 2.75) is 52.2 Å². The van der Waals surface area contributed by atoms with Crippen molar-refractivity contribution in [3.63, 3.8) is 0 Å². The van der Waals surface area contributed by atoms with Crippen LogP contribution < -0.4 is 5.32 Å². The number of hydrogen-bond acceptors (Lipinski definition) is 1. The molecule has 20 heavy (non-hydrogen) atoms. The maximum absolute atomic E-state index is 3.71. The summed E-state index contributed by atoms with van der Waals surface area (Å²) >= 11 is 0. The van der Waals surface area contributed by atoms with Crippen LogP contribution in [0.2, 0.25) is 0 Å². The molecular formula is C18H24N2. The molecule has 1 aliphatic rings. The lowest BCUT2D eigenvalue weighted by Gasteiger charge is -2.07. The van der Waals surface area contributed by atoms with Crippen LogP contribution in [-0.4, -0.2) is 10.6 Å². The minimum absolute atomic E-state index is 0.655. The van der Waals surface area contributed by atoms with Crippen molar-refractivity contribution in [1.82, 2.24) is 9.88 Å². The summed E-state index contributed by atoms with van der Waals surface area (Å²) in [4.78, 5) is 0. The summed E-state index contributed by atoms with van der Waals surface area (Å²) in [5, 5.41) is 3.71. The van der Waals surface area contributed by atoms with E-state index in [2.05, 4.69) is 67.1 Å². The molecule has 2 atom stereocenters. The highest BCUT2D eigenvalue weighted by Gasteiger charge is 2.37. The molecule has 2 unspecified atom stereocenters. The number of nitrogens with zero attached hydrogens (tertiary/aromatic N) is 1. The van der Waals surface area contributed by atoms with E-state index in [9.17, 15) is 0 Å². The highest BCUT2D eigenvalue weighted by atomic mass is 15.0. The van der Waals surface area contributed by atoms with E-state index in [-0.39, 0.29) is 0 Å². The van der Waals surface area contributed by atoms with Crippen molar-refractivity contribution >= 4 is 0 Å². The molecule has 2 aromatic rings. The van der Waals surface area contributed by atoms with E-state index >= 15 is 0 Å². The maximum atomic E-state index is 3.71. The average molecular weight is 268 g/mol. The molecule has 1 aromatic carbocycles. The van der Waals surface area contributed by atoms with Gasteiger partial charge >= 0.3 is 0 Å². The van der Waals surface area contributed by atoms with Crippen LogP contribution in [0.5, 0.6) is 0 Å². The van der Waals surface area contributed by atoms with Gasteiger partial charge in [-0.1, -0.05) is 30.3 Å². The first-order chi connectivity index (χ1) is 9.70. The Kier molecular flexibility index (Phi) is 3.66. The van der Waals surface area contributed by atoms with Gasteiger partial charge in [0.05, 0.1) is 0 Å². The molecule has 1 aromatic heterocycles. The fourth-order valence-corrected chi connectivity index (χ4v) is 3.27. The van der Waals surface area contributed by atoms with Crippen LogP contribution in [0.4, 0.5) is 0 Å². The lowest BCUT2D eigenvalue weighted by molar-refractivity contribution is 0.661. The molecule has 1 fully saturated rings. The third kappa shape index (κ3) is 2.53. The molecule has 0 radical (unpaired) electrons. The highest BCUT2D eigenvalue weighted by molar-refractivity contribution is 5.29. The van der Waals surface area contributed by atoms with Gasteiger partial charge in [0.1, 0.15) is 0 Å². The number of aromatic nitrogens is 1.